The summed E-state index contributed by atoms with van der Waals surface area (Å²) in [6.07, 6.45) is 0. The molecule has 1 aromatic carbocycles. The summed E-state index contributed by atoms with van der Waals surface area (Å²) >= 11 is 0. The van der Waals surface area contributed by atoms with Crippen molar-refractivity contribution < 1.29 is 4.57 Å². The van der Waals surface area contributed by atoms with E-state index in [-0.39, 0.29) is 0 Å². The zero-order chi connectivity index (χ0) is 9.97. The minimum atomic E-state index is 1.26. The van der Waals surface area contributed by atoms with E-state index >= 15 is 0 Å². The Kier molecular flexibility index (Phi) is 2.32. The highest BCUT2D eigenvalue weighted by molar-refractivity contribution is 5.55. The van der Waals surface area contributed by atoms with Gasteiger partial charge in [-0.2, -0.15) is 4.57 Å². The van der Waals surface area contributed by atoms with Crippen molar-refractivity contribution in [2.45, 2.75) is 6.92 Å². The molecular formula is C13H14N+. The van der Waals surface area contributed by atoms with E-state index < -0.39 is 0 Å². The Morgan fingerprint density at radius 3 is 2.29 bits per heavy atom. The second kappa shape index (κ2) is 3.62. The van der Waals surface area contributed by atoms with Gasteiger partial charge in [0.15, 0.2) is 5.69 Å². The molecule has 14 heavy (non-hydrogen) atoms. The van der Waals surface area contributed by atoms with Gasteiger partial charge in [-0.1, -0.05) is 18.2 Å². The molecule has 1 heterocycles. The molecule has 0 spiro atoms. The Morgan fingerprint density at radius 1 is 0.857 bits per heavy atom. The molecule has 0 bridgehead atoms. The lowest BCUT2D eigenvalue weighted by Gasteiger charge is -2.01. The van der Waals surface area contributed by atoms with E-state index in [1.165, 1.54) is 17.0 Å². The van der Waals surface area contributed by atoms with E-state index in [1.54, 1.807) is 0 Å². The maximum atomic E-state index is 2.20. The number of rotatable bonds is 1. The van der Waals surface area contributed by atoms with Crippen LogP contribution >= 0.6 is 0 Å². The summed E-state index contributed by atoms with van der Waals surface area (Å²) in [7, 11) is 2.09. The quantitative estimate of drug-likeness (QED) is 0.599. The molecule has 0 unspecified atom stereocenters. The Labute approximate surface area is 84.6 Å². The largest absolute Gasteiger partial charge is 0.212 e. The van der Waals surface area contributed by atoms with Crippen LogP contribution in [0.15, 0.2) is 48.5 Å². The highest BCUT2D eigenvalue weighted by Gasteiger charge is 2.09. The Morgan fingerprint density at radius 2 is 1.57 bits per heavy atom. The average Bonchev–Trinajstić information content (AvgIpc) is 2.23. The van der Waals surface area contributed by atoms with Gasteiger partial charge in [-0.05, 0) is 18.2 Å². The third-order valence-electron chi connectivity index (χ3n) is 2.55. The zero-order valence-electron chi connectivity index (χ0n) is 8.57. The number of nitrogens with zero attached hydrogens (tertiary/aromatic N) is 1. The normalized spacial score (nSPS) is 10.1. The fourth-order valence-electron chi connectivity index (χ4n) is 1.59. The Hall–Kier alpha value is -1.63. The lowest BCUT2D eigenvalue weighted by Crippen LogP contribution is -2.34. The summed E-state index contributed by atoms with van der Waals surface area (Å²) in [6, 6.07) is 16.8. The molecule has 0 aliphatic heterocycles. The SMILES string of the molecule is Cc1cccc(-c2ccccc2)[n+]1C. The molecule has 0 saturated heterocycles. The Bertz CT molecular complexity index is 432. The molecule has 0 aliphatic rings. The molecule has 0 N–H and O–H groups in total. The number of aryl methyl sites for hydroxylation is 1. The van der Waals surface area contributed by atoms with Gasteiger partial charge in [-0.3, -0.25) is 0 Å². The molecule has 2 aromatic rings. The predicted molar refractivity (Wildman–Crippen MR) is 57.8 cm³/mol. The van der Waals surface area contributed by atoms with Crippen LogP contribution in [0.4, 0.5) is 0 Å². The first-order chi connectivity index (χ1) is 6.79. The van der Waals surface area contributed by atoms with E-state index in [0.29, 0.717) is 0 Å². The van der Waals surface area contributed by atoms with Crippen LogP contribution in [-0.2, 0) is 7.05 Å². The minimum absolute atomic E-state index is 1.26. The van der Waals surface area contributed by atoms with Crippen LogP contribution in [0.1, 0.15) is 5.69 Å². The van der Waals surface area contributed by atoms with Crippen LogP contribution in [0.25, 0.3) is 11.3 Å². The van der Waals surface area contributed by atoms with Crippen molar-refractivity contribution in [2.75, 3.05) is 0 Å². The molecule has 0 atom stereocenters. The fraction of sp³-hybridized carbons (Fsp3) is 0.154. The number of pyridine rings is 1. The molecular weight excluding hydrogens is 170 g/mol. The van der Waals surface area contributed by atoms with Crippen molar-refractivity contribution in [3.8, 4) is 11.3 Å². The van der Waals surface area contributed by atoms with Gasteiger partial charge in [0.2, 0.25) is 5.69 Å². The van der Waals surface area contributed by atoms with E-state index in [1.807, 2.05) is 6.07 Å². The maximum absolute atomic E-state index is 2.20. The van der Waals surface area contributed by atoms with Gasteiger partial charge >= 0.3 is 0 Å². The fourth-order valence-corrected chi connectivity index (χ4v) is 1.59. The van der Waals surface area contributed by atoms with E-state index in [2.05, 4.69) is 61.0 Å². The van der Waals surface area contributed by atoms with Gasteiger partial charge in [-0.15, -0.1) is 0 Å². The molecule has 0 fully saturated rings. The summed E-state index contributed by atoms with van der Waals surface area (Å²) in [5, 5.41) is 0. The summed E-state index contributed by atoms with van der Waals surface area (Å²) in [6.45, 7) is 2.12. The van der Waals surface area contributed by atoms with Crippen LogP contribution < -0.4 is 4.57 Å². The minimum Gasteiger partial charge on any atom is -0.199 e. The average molecular weight is 184 g/mol. The highest BCUT2D eigenvalue weighted by atomic mass is 14.9. The number of hydrogen-bond donors (Lipinski definition) is 0. The van der Waals surface area contributed by atoms with Gasteiger partial charge in [-0.25, -0.2) is 0 Å². The van der Waals surface area contributed by atoms with E-state index in [4.69, 9.17) is 0 Å². The lowest BCUT2D eigenvalue weighted by atomic mass is 10.1. The van der Waals surface area contributed by atoms with Gasteiger partial charge in [0.1, 0.15) is 7.05 Å². The first-order valence-electron chi connectivity index (χ1n) is 4.80. The van der Waals surface area contributed by atoms with Crippen molar-refractivity contribution in [1.29, 1.82) is 0 Å². The molecule has 1 aromatic heterocycles. The maximum Gasteiger partial charge on any atom is 0.212 e. The van der Waals surface area contributed by atoms with Crippen LogP contribution in [0.5, 0.6) is 0 Å². The van der Waals surface area contributed by atoms with Crippen molar-refractivity contribution in [3.05, 3.63) is 54.2 Å². The van der Waals surface area contributed by atoms with Crippen LogP contribution in [0.2, 0.25) is 0 Å². The van der Waals surface area contributed by atoms with Gasteiger partial charge in [0.25, 0.3) is 0 Å². The van der Waals surface area contributed by atoms with E-state index in [9.17, 15) is 0 Å². The van der Waals surface area contributed by atoms with Crippen molar-refractivity contribution >= 4 is 0 Å². The lowest BCUT2D eigenvalue weighted by molar-refractivity contribution is -0.666. The first-order valence-corrected chi connectivity index (χ1v) is 4.80. The number of hydrogen-bond acceptors (Lipinski definition) is 0. The highest BCUT2D eigenvalue weighted by Crippen LogP contribution is 2.14. The molecule has 0 amide bonds. The summed E-state index contributed by atoms with van der Waals surface area (Å²) < 4.78 is 2.20. The van der Waals surface area contributed by atoms with E-state index in [0.717, 1.165) is 0 Å². The summed E-state index contributed by atoms with van der Waals surface area (Å²) in [5.74, 6) is 0. The molecule has 1 nitrogen and oxygen atoms in total. The molecule has 0 radical (unpaired) electrons. The summed E-state index contributed by atoms with van der Waals surface area (Å²) in [5.41, 5.74) is 3.79. The van der Waals surface area contributed by atoms with Crippen molar-refractivity contribution in [2.24, 2.45) is 7.05 Å². The van der Waals surface area contributed by atoms with Gasteiger partial charge in [0, 0.05) is 24.6 Å². The standard InChI is InChI=1S/C13H14N/c1-11-7-6-10-13(14(11)2)12-8-4-3-5-9-12/h3-10H,1-2H3/q+1. The monoisotopic (exact) mass is 184 g/mol. The first kappa shape index (κ1) is 8.95. The second-order valence-electron chi connectivity index (χ2n) is 3.48. The topological polar surface area (TPSA) is 3.88 Å². The summed E-state index contributed by atoms with van der Waals surface area (Å²) in [4.78, 5) is 0. The molecule has 0 aliphatic carbocycles. The van der Waals surface area contributed by atoms with Crippen LogP contribution in [0, 0.1) is 6.92 Å². The Balaban J connectivity index is 2.58. The van der Waals surface area contributed by atoms with Gasteiger partial charge in [0.05, 0.1) is 0 Å². The molecule has 2 rings (SSSR count). The third-order valence-corrected chi connectivity index (χ3v) is 2.55. The smallest absolute Gasteiger partial charge is 0.199 e. The van der Waals surface area contributed by atoms with Crippen molar-refractivity contribution in [3.63, 3.8) is 0 Å². The number of benzene rings is 1. The molecule has 70 valence electrons. The second-order valence-corrected chi connectivity index (χ2v) is 3.48. The molecule has 1 heteroatoms. The van der Waals surface area contributed by atoms with Crippen LogP contribution in [0.3, 0.4) is 0 Å². The third kappa shape index (κ3) is 1.53. The van der Waals surface area contributed by atoms with Gasteiger partial charge < -0.3 is 0 Å². The van der Waals surface area contributed by atoms with Crippen LogP contribution in [-0.4, -0.2) is 0 Å². The van der Waals surface area contributed by atoms with Crippen molar-refractivity contribution in [1.82, 2.24) is 0 Å². The predicted octanol–water partition coefficient (Wildman–Crippen LogP) is 2.49. The zero-order valence-corrected chi connectivity index (χ0v) is 8.57. The number of aromatic nitrogens is 1. The molecule has 0 saturated carbocycles.